The molecule has 5 nitrogen and oxygen atoms in total. The number of aromatic nitrogens is 1. The fraction of sp³-hybridized carbons (Fsp3) is 0.368. The van der Waals surface area contributed by atoms with Crippen molar-refractivity contribution in [3.63, 3.8) is 0 Å². The molecule has 1 aliphatic rings. The third-order valence-corrected chi connectivity index (χ3v) is 3.97. The number of hydrogen-bond acceptors (Lipinski definition) is 3. The molecule has 0 spiro atoms. The van der Waals surface area contributed by atoms with Gasteiger partial charge in [0.2, 0.25) is 0 Å². The average Bonchev–Trinajstić information content (AvgIpc) is 3.46. The average molecular weight is 324 g/mol. The Morgan fingerprint density at radius 1 is 1.17 bits per heavy atom. The fourth-order valence-electron chi connectivity index (χ4n) is 2.31. The summed E-state index contributed by atoms with van der Waals surface area (Å²) >= 11 is 0. The lowest BCUT2D eigenvalue weighted by Crippen LogP contribution is -2.37. The van der Waals surface area contributed by atoms with E-state index in [1.54, 1.807) is 13.2 Å². The van der Waals surface area contributed by atoms with Gasteiger partial charge in [-0.3, -0.25) is 9.98 Å². The number of rotatable bonds is 7. The summed E-state index contributed by atoms with van der Waals surface area (Å²) in [6.07, 6.45) is 4.45. The monoisotopic (exact) mass is 324 g/mol. The van der Waals surface area contributed by atoms with Gasteiger partial charge in [0.25, 0.3) is 0 Å². The summed E-state index contributed by atoms with van der Waals surface area (Å²) in [6, 6.07) is 13.9. The SMILES string of the molecule is CN=C(NCc1ccc(OCc2ccccn2)cc1)NCC1CC1. The third-order valence-electron chi connectivity index (χ3n) is 3.97. The molecule has 3 rings (SSSR count). The van der Waals surface area contributed by atoms with Crippen molar-refractivity contribution in [2.45, 2.75) is 26.0 Å². The van der Waals surface area contributed by atoms with Crippen LogP contribution >= 0.6 is 0 Å². The molecule has 0 bridgehead atoms. The zero-order valence-corrected chi connectivity index (χ0v) is 14.0. The lowest BCUT2D eigenvalue weighted by molar-refractivity contribution is 0.301. The minimum absolute atomic E-state index is 0.482. The molecule has 0 radical (unpaired) electrons. The minimum atomic E-state index is 0.482. The van der Waals surface area contributed by atoms with Gasteiger partial charge in [-0.25, -0.2) is 0 Å². The molecule has 1 fully saturated rings. The number of hydrogen-bond donors (Lipinski definition) is 2. The summed E-state index contributed by atoms with van der Waals surface area (Å²) < 4.78 is 5.75. The maximum atomic E-state index is 5.75. The highest BCUT2D eigenvalue weighted by molar-refractivity contribution is 5.79. The highest BCUT2D eigenvalue weighted by atomic mass is 16.5. The van der Waals surface area contributed by atoms with E-state index < -0.39 is 0 Å². The number of ether oxygens (including phenoxy) is 1. The van der Waals surface area contributed by atoms with Crippen molar-refractivity contribution >= 4 is 5.96 Å². The Bertz CT molecular complexity index is 651. The van der Waals surface area contributed by atoms with E-state index in [0.29, 0.717) is 6.61 Å². The van der Waals surface area contributed by atoms with Crippen LogP contribution in [-0.2, 0) is 13.2 Å². The Balaban J connectivity index is 1.43. The Morgan fingerprint density at radius 2 is 2.00 bits per heavy atom. The summed E-state index contributed by atoms with van der Waals surface area (Å²) in [5, 5.41) is 6.69. The molecule has 5 heteroatoms. The maximum Gasteiger partial charge on any atom is 0.191 e. The van der Waals surface area contributed by atoms with Crippen molar-refractivity contribution < 1.29 is 4.74 Å². The molecule has 1 heterocycles. The Morgan fingerprint density at radius 3 is 2.67 bits per heavy atom. The van der Waals surface area contributed by atoms with E-state index in [4.69, 9.17) is 4.74 Å². The van der Waals surface area contributed by atoms with Gasteiger partial charge in [0.15, 0.2) is 5.96 Å². The summed E-state index contributed by atoms with van der Waals surface area (Å²) in [5.74, 6) is 2.54. The number of nitrogens with zero attached hydrogens (tertiary/aromatic N) is 2. The normalized spacial score (nSPS) is 14.3. The molecule has 0 aliphatic heterocycles. The summed E-state index contributed by atoms with van der Waals surface area (Å²) in [4.78, 5) is 8.49. The first-order valence-electron chi connectivity index (χ1n) is 8.39. The van der Waals surface area contributed by atoms with Gasteiger partial charge in [0.1, 0.15) is 12.4 Å². The zero-order valence-electron chi connectivity index (χ0n) is 14.0. The van der Waals surface area contributed by atoms with E-state index >= 15 is 0 Å². The van der Waals surface area contributed by atoms with Gasteiger partial charge in [-0.2, -0.15) is 0 Å². The van der Waals surface area contributed by atoms with Crippen molar-refractivity contribution in [2.24, 2.45) is 10.9 Å². The van der Waals surface area contributed by atoms with E-state index in [2.05, 4.69) is 32.7 Å². The number of guanidine groups is 1. The van der Waals surface area contributed by atoms with Crippen LogP contribution in [-0.4, -0.2) is 24.5 Å². The van der Waals surface area contributed by atoms with Crippen molar-refractivity contribution in [3.8, 4) is 5.75 Å². The Labute approximate surface area is 143 Å². The first-order valence-corrected chi connectivity index (χ1v) is 8.39. The smallest absolute Gasteiger partial charge is 0.191 e. The molecular formula is C19H24N4O. The molecular weight excluding hydrogens is 300 g/mol. The van der Waals surface area contributed by atoms with Crippen LogP contribution in [0.25, 0.3) is 0 Å². The van der Waals surface area contributed by atoms with E-state index in [1.165, 1.54) is 18.4 Å². The van der Waals surface area contributed by atoms with Gasteiger partial charge in [-0.1, -0.05) is 18.2 Å². The second-order valence-corrected chi connectivity index (χ2v) is 6.00. The quantitative estimate of drug-likeness (QED) is 0.607. The molecule has 0 amide bonds. The summed E-state index contributed by atoms with van der Waals surface area (Å²) in [7, 11) is 1.80. The first kappa shape index (κ1) is 16.3. The van der Waals surface area contributed by atoms with E-state index in [-0.39, 0.29) is 0 Å². The van der Waals surface area contributed by atoms with E-state index in [9.17, 15) is 0 Å². The first-order chi connectivity index (χ1) is 11.8. The predicted molar refractivity (Wildman–Crippen MR) is 95.9 cm³/mol. The van der Waals surface area contributed by atoms with Gasteiger partial charge >= 0.3 is 0 Å². The molecule has 1 aliphatic carbocycles. The van der Waals surface area contributed by atoms with E-state index in [1.807, 2.05) is 30.3 Å². The molecule has 126 valence electrons. The fourth-order valence-corrected chi connectivity index (χ4v) is 2.31. The van der Waals surface area contributed by atoms with Crippen LogP contribution < -0.4 is 15.4 Å². The second kappa shape index (κ2) is 8.34. The molecule has 1 aromatic heterocycles. The van der Waals surface area contributed by atoms with E-state index in [0.717, 1.165) is 36.4 Å². The van der Waals surface area contributed by atoms with Gasteiger partial charge < -0.3 is 15.4 Å². The highest BCUT2D eigenvalue weighted by Crippen LogP contribution is 2.27. The Hall–Kier alpha value is -2.56. The zero-order chi connectivity index (χ0) is 16.6. The third kappa shape index (κ3) is 5.26. The second-order valence-electron chi connectivity index (χ2n) is 6.00. The van der Waals surface area contributed by atoms with Crippen LogP contribution in [0.5, 0.6) is 5.75 Å². The van der Waals surface area contributed by atoms with Crippen LogP contribution in [0.2, 0.25) is 0 Å². The minimum Gasteiger partial charge on any atom is -0.487 e. The Kier molecular flexibility index (Phi) is 5.66. The van der Waals surface area contributed by atoms with Crippen molar-refractivity contribution in [3.05, 3.63) is 59.9 Å². The predicted octanol–water partition coefficient (Wildman–Crippen LogP) is 2.74. The van der Waals surface area contributed by atoms with Crippen molar-refractivity contribution in [2.75, 3.05) is 13.6 Å². The molecule has 0 unspecified atom stereocenters. The molecule has 24 heavy (non-hydrogen) atoms. The maximum absolute atomic E-state index is 5.75. The molecule has 0 saturated heterocycles. The standard InChI is InChI=1S/C19H24N4O/c1-20-19(22-12-15-5-6-15)23-13-16-7-9-18(10-8-16)24-14-17-4-2-3-11-21-17/h2-4,7-11,15H,5-6,12-14H2,1H3,(H2,20,22,23). The molecule has 1 aromatic carbocycles. The van der Waals surface area contributed by atoms with Crippen LogP contribution in [0, 0.1) is 5.92 Å². The number of pyridine rings is 1. The lowest BCUT2D eigenvalue weighted by atomic mass is 10.2. The highest BCUT2D eigenvalue weighted by Gasteiger charge is 2.20. The van der Waals surface area contributed by atoms with Crippen molar-refractivity contribution in [1.29, 1.82) is 0 Å². The molecule has 0 atom stereocenters. The molecule has 1 saturated carbocycles. The summed E-state index contributed by atoms with van der Waals surface area (Å²) in [5.41, 5.74) is 2.11. The lowest BCUT2D eigenvalue weighted by Gasteiger charge is -2.12. The van der Waals surface area contributed by atoms with Crippen LogP contribution in [0.4, 0.5) is 0 Å². The largest absolute Gasteiger partial charge is 0.487 e. The number of aliphatic imine (C=N–C) groups is 1. The molecule has 2 aromatic rings. The van der Waals surface area contributed by atoms with Gasteiger partial charge in [-0.05, 0) is 48.6 Å². The van der Waals surface area contributed by atoms with Gasteiger partial charge in [0.05, 0.1) is 5.69 Å². The number of nitrogens with one attached hydrogen (secondary N) is 2. The van der Waals surface area contributed by atoms with Crippen molar-refractivity contribution in [1.82, 2.24) is 15.6 Å². The van der Waals surface area contributed by atoms with Crippen LogP contribution in [0.3, 0.4) is 0 Å². The topological polar surface area (TPSA) is 58.5 Å². The van der Waals surface area contributed by atoms with Crippen LogP contribution in [0.1, 0.15) is 24.1 Å². The summed E-state index contributed by atoms with van der Waals surface area (Å²) in [6.45, 7) is 2.24. The molecule has 2 N–H and O–H groups in total. The van der Waals surface area contributed by atoms with Gasteiger partial charge in [0, 0.05) is 26.3 Å². The number of benzene rings is 1. The van der Waals surface area contributed by atoms with Gasteiger partial charge in [-0.15, -0.1) is 0 Å². The van der Waals surface area contributed by atoms with Crippen LogP contribution in [0.15, 0.2) is 53.7 Å².